The monoisotopic (exact) mass is 479 g/mol. The standard InChI is InChI=1S/C22H29N3O.HI/c1-22(2)19(18-12-14-26-20(18)22)25-21(23-3)24-13-11-16-9-6-8-15-7-4-5-10-17(15)16;/h4-10,18-20H,11-14H2,1-3H3,(H2,23,24,25);1H. The summed E-state index contributed by atoms with van der Waals surface area (Å²) in [6.45, 7) is 6.34. The molecule has 2 aromatic rings. The minimum atomic E-state index is 0. The summed E-state index contributed by atoms with van der Waals surface area (Å²) in [5, 5.41) is 9.79. The van der Waals surface area contributed by atoms with Gasteiger partial charge in [0.05, 0.1) is 6.10 Å². The van der Waals surface area contributed by atoms with Gasteiger partial charge in [0.25, 0.3) is 0 Å². The molecule has 1 saturated carbocycles. The zero-order valence-corrected chi connectivity index (χ0v) is 18.7. The first kappa shape index (κ1) is 20.4. The molecular weight excluding hydrogens is 449 g/mol. The van der Waals surface area contributed by atoms with E-state index in [-0.39, 0.29) is 29.4 Å². The molecule has 4 rings (SSSR count). The van der Waals surface area contributed by atoms with E-state index in [4.69, 9.17) is 4.74 Å². The Morgan fingerprint density at radius 1 is 1.19 bits per heavy atom. The van der Waals surface area contributed by atoms with Gasteiger partial charge in [-0.1, -0.05) is 56.3 Å². The van der Waals surface area contributed by atoms with E-state index in [2.05, 4.69) is 71.9 Å². The van der Waals surface area contributed by atoms with Crippen molar-refractivity contribution in [3.05, 3.63) is 48.0 Å². The third-order valence-electron chi connectivity index (χ3n) is 6.18. The number of halogens is 1. The minimum absolute atomic E-state index is 0. The summed E-state index contributed by atoms with van der Waals surface area (Å²) in [7, 11) is 1.85. The lowest BCUT2D eigenvalue weighted by Crippen LogP contribution is -2.68. The molecule has 3 atom stereocenters. The van der Waals surface area contributed by atoms with Gasteiger partial charge in [-0.05, 0) is 29.2 Å². The molecule has 5 heteroatoms. The lowest BCUT2D eigenvalue weighted by Gasteiger charge is -2.54. The van der Waals surface area contributed by atoms with Gasteiger partial charge >= 0.3 is 0 Å². The Hall–Kier alpha value is -1.34. The first-order valence-corrected chi connectivity index (χ1v) is 9.66. The summed E-state index contributed by atoms with van der Waals surface area (Å²) in [6.07, 6.45) is 2.53. The molecule has 1 heterocycles. The van der Waals surface area contributed by atoms with E-state index in [1.807, 2.05) is 7.05 Å². The van der Waals surface area contributed by atoms with E-state index >= 15 is 0 Å². The zero-order chi connectivity index (χ0) is 18.1. The Labute approximate surface area is 179 Å². The lowest BCUT2D eigenvalue weighted by molar-refractivity contribution is -0.106. The summed E-state index contributed by atoms with van der Waals surface area (Å²) < 4.78 is 5.89. The van der Waals surface area contributed by atoms with Crippen LogP contribution in [0.3, 0.4) is 0 Å². The number of benzene rings is 2. The molecule has 27 heavy (non-hydrogen) atoms. The summed E-state index contributed by atoms with van der Waals surface area (Å²) in [4.78, 5) is 4.44. The molecule has 2 fully saturated rings. The van der Waals surface area contributed by atoms with Gasteiger partial charge in [0, 0.05) is 37.6 Å². The number of hydrogen-bond donors (Lipinski definition) is 2. The van der Waals surface area contributed by atoms with Crippen LogP contribution in [0.1, 0.15) is 25.8 Å². The van der Waals surface area contributed by atoms with Crippen LogP contribution < -0.4 is 10.6 Å². The maximum absolute atomic E-state index is 5.89. The predicted octanol–water partition coefficient (Wildman–Crippen LogP) is 3.98. The number of fused-ring (bicyclic) bond motifs is 2. The number of nitrogens with zero attached hydrogens (tertiary/aromatic N) is 1. The fraction of sp³-hybridized carbons (Fsp3) is 0.500. The van der Waals surface area contributed by atoms with Crippen molar-refractivity contribution in [2.75, 3.05) is 20.2 Å². The average molecular weight is 479 g/mol. The molecule has 1 aliphatic heterocycles. The molecule has 0 radical (unpaired) electrons. The second-order valence-electron chi connectivity index (χ2n) is 8.07. The van der Waals surface area contributed by atoms with Crippen molar-refractivity contribution in [3.63, 3.8) is 0 Å². The van der Waals surface area contributed by atoms with E-state index in [9.17, 15) is 0 Å². The van der Waals surface area contributed by atoms with Crippen LogP contribution in [0.25, 0.3) is 10.8 Å². The van der Waals surface area contributed by atoms with Gasteiger partial charge in [-0.25, -0.2) is 0 Å². The van der Waals surface area contributed by atoms with Gasteiger partial charge in [0.1, 0.15) is 0 Å². The number of aliphatic imine (C=N–C) groups is 1. The molecule has 2 aliphatic rings. The average Bonchev–Trinajstić information content (AvgIpc) is 3.11. The minimum Gasteiger partial charge on any atom is -0.377 e. The highest BCUT2D eigenvalue weighted by Gasteiger charge is 2.59. The Kier molecular flexibility index (Phi) is 6.31. The second-order valence-corrected chi connectivity index (χ2v) is 8.07. The number of hydrogen-bond acceptors (Lipinski definition) is 2. The third kappa shape index (κ3) is 3.81. The molecule has 0 spiro atoms. The SMILES string of the molecule is CN=C(NCCc1cccc2ccccc12)NC1C2CCOC2C1(C)C.I. The number of rotatable bonds is 4. The molecule has 2 aromatic carbocycles. The summed E-state index contributed by atoms with van der Waals surface area (Å²) in [6, 6.07) is 15.5. The van der Waals surface area contributed by atoms with Gasteiger partial charge in [0.15, 0.2) is 5.96 Å². The van der Waals surface area contributed by atoms with Crippen molar-refractivity contribution >= 4 is 40.7 Å². The van der Waals surface area contributed by atoms with Crippen molar-refractivity contribution in [2.24, 2.45) is 16.3 Å². The van der Waals surface area contributed by atoms with Crippen LogP contribution in [0.4, 0.5) is 0 Å². The predicted molar refractivity (Wildman–Crippen MR) is 123 cm³/mol. The van der Waals surface area contributed by atoms with Crippen molar-refractivity contribution in [1.82, 2.24) is 10.6 Å². The largest absolute Gasteiger partial charge is 0.377 e. The van der Waals surface area contributed by atoms with E-state index in [1.54, 1.807) is 0 Å². The van der Waals surface area contributed by atoms with Crippen LogP contribution in [0, 0.1) is 11.3 Å². The Morgan fingerprint density at radius 3 is 2.78 bits per heavy atom. The zero-order valence-electron chi connectivity index (χ0n) is 16.4. The van der Waals surface area contributed by atoms with Crippen LogP contribution in [-0.2, 0) is 11.2 Å². The maximum Gasteiger partial charge on any atom is 0.191 e. The highest BCUT2D eigenvalue weighted by Crippen LogP contribution is 2.52. The topological polar surface area (TPSA) is 45.7 Å². The highest BCUT2D eigenvalue weighted by molar-refractivity contribution is 14.0. The summed E-state index contributed by atoms with van der Waals surface area (Å²) in [5.41, 5.74) is 1.54. The van der Waals surface area contributed by atoms with Crippen LogP contribution in [-0.4, -0.2) is 38.3 Å². The van der Waals surface area contributed by atoms with E-state index in [1.165, 1.54) is 16.3 Å². The van der Waals surface area contributed by atoms with Crippen molar-refractivity contribution in [1.29, 1.82) is 0 Å². The third-order valence-corrected chi connectivity index (χ3v) is 6.18. The molecule has 1 saturated heterocycles. The smallest absolute Gasteiger partial charge is 0.191 e. The van der Waals surface area contributed by atoms with Gasteiger partial charge in [-0.3, -0.25) is 4.99 Å². The van der Waals surface area contributed by atoms with Gasteiger partial charge in [-0.15, -0.1) is 24.0 Å². The first-order chi connectivity index (χ1) is 12.6. The summed E-state index contributed by atoms with van der Waals surface area (Å²) in [5.74, 6) is 1.51. The summed E-state index contributed by atoms with van der Waals surface area (Å²) >= 11 is 0. The molecule has 4 nitrogen and oxygen atoms in total. The van der Waals surface area contributed by atoms with Crippen LogP contribution in [0.5, 0.6) is 0 Å². The van der Waals surface area contributed by atoms with Crippen LogP contribution in [0.15, 0.2) is 47.5 Å². The van der Waals surface area contributed by atoms with Crippen LogP contribution >= 0.6 is 24.0 Å². The highest BCUT2D eigenvalue weighted by atomic mass is 127. The normalized spacial score (nSPS) is 26.0. The fourth-order valence-corrected chi connectivity index (χ4v) is 4.79. The molecular formula is C22H30IN3O. The lowest BCUT2D eigenvalue weighted by atomic mass is 9.57. The molecule has 1 aliphatic carbocycles. The van der Waals surface area contributed by atoms with Crippen molar-refractivity contribution in [2.45, 2.75) is 38.8 Å². The molecule has 3 unspecified atom stereocenters. The van der Waals surface area contributed by atoms with Crippen molar-refractivity contribution < 1.29 is 4.74 Å². The molecule has 0 bridgehead atoms. The van der Waals surface area contributed by atoms with Crippen molar-refractivity contribution in [3.8, 4) is 0 Å². The number of ether oxygens (including phenoxy) is 1. The van der Waals surface area contributed by atoms with Gasteiger partial charge in [0.2, 0.25) is 0 Å². The number of guanidine groups is 1. The van der Waals surface area contributed by atoms with E-state index in [0.29, 0.717) is 18.1 Å². The van der Waals surface area contributed by atoms with Gasteiger partial charge in [-0.2, -0.15) is 0 Å². The molecule has 146 valence electrons. The molecule has 0 aromatic heterocycles. The second kappa shape index (κ2) is 8.35. The first-order valence-electron chi connectivity index (χ1n) is 9.66. The van der Waals surface area contributed by atoms with Crippen LogP contribution in [0.2, 0.25) is 0 Å². The van der Waals surface area contributed by atoms with E-state index in [0.717, 1.165) is 32.0 Å². The maximum atomic E-state index is 5.89. The molecule has 2 N–H and O–H groups in total. The van der Waals surface area contributed by atoms with E-state index < -0.39 is 0 Å². The van der Waals surface area contributed by atoms with Gasteiger partial charge < -0.3 is 15.4 Å². The fourth-order valence-electron chi connectivity index (χ4n) is 4.79. The number of nitrogens with one attached hydrogen (secondary N) is 2. The Bertz CT molecular complexity index is 815. The molecule has 0 amide bonds. The Morgan fingerprint density at radius 2 is 1.96 bits per heavy atom. The quantitative estimate of drug-likeness (QED) is 0.396. The Balaban J connectivity index is 0.00000210.